The van der Waals surface area contributed by atoms with Crippen LogP contribution in [0.4, 0.5) is 0 Å². The Morgan fingerprint density at radius 2 is 1.10 bits per heavy atom. The van der Waals surface area contributed by atoms with Crippen molar-refractivity contribution < 1.29 is 9.59 Å². The van der Waals surface area contributed by atoms with Crippen LogP contribution in [0.15, 0.2) is 60.7 Å². The molecule has 0 saturated heterocycles. The fourth-order valence-electron chi connectivity index (χ4n) is 3.05. The third-order valence-corrected chi connectivity index (χ3v) is 7.83. The van der Waals surface area contributed by atoms with E-state index in [0.717, 1.165) is 18.4 Å². The molecule has 0 bridgehead atoms. The quantitative estimate of drug-likeness (QED) is 0.309. The first-order chi connectivity index (χ1) is 14.3. The van der Waals surface area contributed by atoms with Gasteiger partial charge < -0.3 is 0 Å². The standard InChI is InChI=1S/C23H17Cl4O2P/c1-2-5-14-10-12-15(13-11-14)30(22(28)20-16(24)6-3-7-17(20)25)23(29)21-18(26)8-4-9-19(21)27/h3-4,6-13H,2,5H2,1H3. The summed E-state index contributed by atoms with van der Waals surface area (Å²) in [5.41, 5.74) is 0.500. The SMILES string of the molecule is CCCc1ccc(P(C(=O)c2c(Cl)cccc2Cl)C(=O)c2c(Cl)cccc2Cl)cc1. The topological polar surface area (TPSA) is 34.1 Å². The zero-order valence-corrected chi connectivity index (χ0v) is 19.9. The van der Waals surface area contributed by atoms with Gasteiger partial charge in [0.05, 0.1) is 39.1 Å². The number of halogens is 4. The Morgan fingerprint density at radius 3 is 1.47 bits per heavy atom. The molecule has 2 nitrogen and oxygen atoms in total. The lowest BCUT2D eigenvalue weighted by molar-refractivity contribution is 0.105. The highest BCUT2D eigenvalue weighted by Crippen LogP contribution is 2.47. The summed E-state index contributed by atoms with van der Waals surface area (Å²) >= 11 is 25.1. The summed E-state index contributed by atoms with van der Waals surface area (Å²) in [6, 6.07) is 17.1. The van der Waals surface area contributed by atoms with E-state index in [9.17, 15) is 9.59 Å². The third-order valence-electron chi connectivity index (χ3n) is 4.49. The zero-order valence-electron chi connectivity index (χ0n) is 16.0. The Hall–Kier alpha value is -1.41. The molecule has 0 aliphatic heterocycles. The van der Waals surface area contributed by atoms with Crippen LogP contribution in [0.3, 0.4) is 0 Å². The van der Waals surface area contributed by atoms with Crippen molar-refractivity contribution in [3.8, 4) is 0 Å². The molecule has 0 aliphatic rings. The molecule has 0 N–H and O–H groups in total. The van der Waals surface area contributed by atoms with Crippen LogP contribution in [0, 0.1) is 0 Å². The van der Waals surface area contributed by atoms with Crippen molar-refractivity contribution >= 4 is 70.7 Å². The lowest BCUT2D eigenvalue weighted by atomic mass is 10.1. The number of hydrogen-bond acceptors (Lipinski definition) is 2. The summed E-state index contributed by atoms with van der Waals surface area (Å²) in [7, 11) is -2.03. The molecule has 0 aromatic heterocycles. The molecule has 0 radical (unpaired) electrons. The summed E-state index contributed by atoms with van der Waals surface area (Å²) in [6.07, 6.45) is 1.91. The van der Waals surface area contributed by atoms with Crippen molar-refractivity contribution in [2.24, 2.45) is 0 Å². The maximum absolute atomic E-state index is 13.6. The van der Waals surface area contributed by atoms with Gasteiger partial charge in [-0.05, 0) is 41.6 Å². The number of aryl methyl sites for hydroxylation is 1. The van der Waals surface area contributed by atoms with Gasteiger partial charge in [-0.2, -0.15) is 0 Å². The fraction of sp³-hybridized carbons (Fsp3) is 0.130. The van der Waals surface area contributed by atoms with Crippen LogP contribution in [0.2, 0.25) is 20.1 Å². The van der Waals surface area contributed by atoms with E-state index in [1.807, 2.05) is 24.3 Å². The van der Waals surface area contributed by atoms with E-state index in [2.05, 4.69) is 6.92 Å². The number of carbonyl (C=O) groups excluding carboxylic acids is 2. The first-order valence-electron chi connectivity index (χ1n) is 9.21. The molecule has 0 atom stereocenters. The lowest BCUT2D eigenvalue weighted by Crippen LogP contribution is -2.17. The Labute approximate surface area is 196 Å². The molecule has 3 rings (SSSR count). The van der Waals surface area contributed by atoms with Gasteiger partial charge in [0.25, 0.3) is 0 Å². The molecule has 3 aromatic rings. The van der Waals surface area contributed by atoms with Crippen molar-refractivity contribution in [2.45, 2.75) is 19.8 Å². The molecule has 0 unspecified atom stereocenters. The first kappa shape index (κ1) is 23.3. The number of hydrogen-bond donors (Lipinski definition) is 0. The summed E-state index contributed by atoms with van der Waals surface area (Å²) in [5.74, 6) is 0. The molecule has 0 amide bonds. The highest BCUT2D eigenvalue weighted by atomic mass is 35.5. The maximum Gasteiger partial charge on any atom is 0.199 e. The van der Waals surface area contributed by atoms with Crippen molar-refractivity contribution in [1.29, 1.82) is 0 Å². The molecule has 30 heavy (non-hydrogen) atoms. The minimum Gasteiger partial charge on any atom is -0.288 e. The van der Waals surface area contributed by atoms with Crippen LogP contribution in [0.5, 0.6) is 0 Å². The first-order valence-corrected chi connectivity index (χ1v) is 12.1. The molecule has 7 heteroatoms. The van der Waals surface area contributed by atoms with E-state index in [-0.39, 0.29) is 31.2 Å². The molecule has 0 spiro atoms. The highest BCUT2D eigenvalue weighted by Gasteiger charge is 2.34. The van der Waals surface area contributed by atoms with Crippen molar-refractivity contribution in [2.75, 3.05) is 0 Å². The molecular weight excluding hydrogens is 481 g/mol. The van der Waals surface area contributed by atoms with Crippen LogP contribution < -0.4 is 5.30 Å². The molecule has 3 aromatic carbocycles. The van der Waals surface area contributed by atoms with E-state index in [1.54, 1.807) is 36.4 Å². The number of carbonyl (C=O) groups is 2. The van der Waals surface area contributed by atoms with E-state index < -0.39 is 19.0 Å². The Kier molecular flexibility index (Phi) is 7.96. The number of benzene rings is 3. The minimum absolute atomic E-state index is 0.126. The smallest absolute Gasteiger partial charge is 0.199 e. The van der Waals surface area contributed by atoms with Gasteiger partial charge in [-0.1, -0.05) is 96.1 Å². The van der Waals surface area contributed by atoms with Crippen LogP contribution >= 0.6 is 54.3 Å². The van der Waals surface area contributed by atoms with Gasteiger partial charge in [-0.3, -0.25) is 9.59 Å². The Balaban J connectivity index is 2.16. The molecule has 0 heterocycles. The summed E-state index contributed by atoms with van der Waals surface area (Å²) < 4.78 is 0. The van der Waals surface area contributed by atoms with E-state index in [0.29, 0.717) is 5.30 Å². The molecular formula is C23H17Cl4O2P. The molecule has 0 saturated carbocycles. The van der Waals surface area contributed by atoms with Crippen LogP contribution in [-0.4, -0.2) is 11.0 Å². The van der Waals surface area contributed by atoms with Gasteiger partial charge in [0.1, 0.15) is 0 Å². The normalized spacial score (nSPS) is 11.0. The number of rotatable bonds is 7. The predicted octanol–water partition coefficient (Wildman–Crippen LogP) is 8.04. The lowest BCUT2D eigenvalue weighted by Gasteiger charge is -2.19. The maximum atomic E-state index is 13.6. The van der Waals surface area contributed by atoms with Gasteiger partial charge in [0, 0.05) is 0 Å². The van der Waals surface area contributed by atoms with Crippen molar-refractivity contribution in [1.82, 2.24) is 0 Å². The second kappa shape index (κ2) is 10.3. The van der Waals surface area contributed by atoms with Crippen molar-refractivity contribution in [3.63, 3.8) is 0 Å². The van der Waals surface area contributed by atoms with Crippen LogP contribution in [-0.2, 0) is 6.42 Å². The Morgan fingerprint density at radius 1 is 0.700 bits per heavy atom. The fourth-order valence-corrected chi connectivity index (χ4v) is 6.49. The highest BCUT2D eigenvalue weighted by molar-refractivity contribution is 7.96. The Bertz CT molecular complexity index is 993. The zero-order chi connectivity index (χ0) is 21.8. The van der Waals surface area contributed by atoms with E-state index >= 15 is 0 Å². The molecule has 154 valence electrons. The predicted molar refractivity (Wildman–Crippen MR) is 129 cm³/mol. The van der Waals surface area contributed by atoms with Crippen LogP contribution in [0.1, 0.15) is 39.6 Å². The minimum atomic E-state index is -2.03. The van der Waals surface area contributed by atoms with Gasteiger partial charge in [-0.15, -0.1) is 0 Å². The largest absolute Gasteiger partial charge is 0.288 e. The van der Waals surface area contributed by atoms with Crippen molar-refractivity contribution in [3.05, 3.63) is 97.4 Å². The third kappa shape index (κ3) is 4.90. The molecule has 0 aliphatic carbocycles. The summed E-state index contributed by atoms with van der Waals surface area (Å²) in [5, 5.41) is 1.37. The van der Waals surface area contributed by atoms with Gasteiger partial charge in [0.2, 0.25) is 0 Å². The van der Waals surface area contributed by atoms with Gasteiger partial charge in [0.15, 0.2) is 11.0 Å². The summed E-state index contributed by atoms with van der Waals surface area (Å²) in [4.78, 5) is 27.2. The van der Waals surface area contributed by atoms with Crippen LogP contribution in [0.25, 0.3) is 0 Å². The van der Waals surface area contributed by atoms with E-state index in [4.69, 9.17) is 46.4 Å². The average Bonchev–Trinajstić information content (AvgIpc) is 2.69. The van der Waals surface area contributed by atoms with Gasteiger partial charge >= 0.3 is 0 Å². The second-order valence-electron chi connectivity index (χ2n) is 6.56. The molecule has 0 fully saturated rings. The summed E-state index contributed by atoms with van der Waals surface area (Å²) in [6.45, 7) is 2.09. The monoisotopic (exact) mass is 496 g/mol. The average molecular weight is 498 g/mol. The van der Waals surface area contributed by atoms with E-state index in [1.165, 1.54) is 0 Å². The van der Waals surface area contributed by atoms with Gasteiger partial charge in [-0.25, -0.2) is 0 Å². The second-order valence-corrected chi connectivity index (χ2v) is 10.2.